The standard InChI is InChI=1S/C31H34F5N3O2S/c1-3-30(32,33)41-20-26-13-9-24(22-7-11-25(12-8-22)31(34,35)36)19-39(26)28-16-10-23(18-37-28)29(40)38-17-21-5-14-27(15-6-21)42-4-2/h5-8,10-12,14-16,18,24,26H,3-4,9,13,17,19-20H2,1-2H3,(H,38,40)/t24?,26-/m0/s1. The van der Waals surface area contributed by atoms with Crippen LogP contribution in [0.3, 0.4) is 0 Å². The number of anilines is 1. The second-order valence-electron chi connectivity index (χ2n) is 10.2. The molecule has 1 N–H and O–H groups in total. The highest BCUT2D eigenvalue weighted by molar-refractivity contribution is 7.99. The summed E-state index contributed by atoms with van der Waals surface area (Å²) in [7, 11) is 0. The number of aromatic nitrogens is 1. The predicted octanol–water partition coefficient (Wildman–Crippen LogP) is 7.91. The van der Waals surface area contributed by atoms with Crippen LogP contribution in [0.15, 0.2) is 71.8 Å². The van der Waals surface area contributed by atoms with E-state index in [1.165, 1.54) is 25.3 Å². The molecule has 4 rings (SSSR count). The van der Waals surface area contributed by atoms with Crippen molar-refractivity contribution in [2.45, 2.75) is 68.8 Å². The monoisotopic (exact) mass is 607 g/mol. The number of ether oxygens (including phenoxy) is 1. The Bertz CT molecular complexity index is 1300. The van der Waals surface area contributed by atoms with Crippen molar-refractivity contribution in [1.82, 2.24) is 10.3 Å². The highest BCUT2D eigenvalue weighted by Gasteiger charge is 2.35. The van der Waals surface area contributed by atoms with Crippen LogP contribution < -0.4 is 10.2 Å². The van der Waals surface area contributed by atoms with Gasteiger partial charge < -0.3 is 15.0 Å². The Morgan fingerprint density at radius 1 is 1.00 bits per heavy atom. The van der Waals surface area contributed by atoms with Crippen molar-refractivity contribution < 1.29 is 31.5 Å². The van der Waals surface area contributed by atoms with Crippen LogP contribution >= 0.6 is 11.8 Å². The number of halogens is 5. The third-order valence-corrected chi connectivity index (χ3v) is 8.20. The van der Waals surface area contributed by atoms with Crippen molar-refractivity contribution in [3.05, 3.63) is 89.1 Å². The molecule has 1 aliphatic heterocycles. The molecule has 1 unspecified atom stereocenters. The van der Waals surface area contributed by atoms with Gasteiger partial charge in [0.1, 0.15) is 5.82 Å². The van der Waals surface area contributed by atoms with Crippen molar-refractivity contribution in [1.29, 1.82) is 0 Å². The lowest BCUT2D eigenvalue weighted by molar-refractivity contribution is -0.241. The fourth-order valence-corrected chi connectivity index (χ4v) is 5.52. The van der Waals surface area contributed by atoms with Gasteiger partial charge in [0.25, 0.3) is 5.91 Å². The molecule has 226 valence electrons. The molecule has 1 amide bonds. The van der Waals surface area contributed by atoms with E-state index in [0.29, 0.717) is 37.3 Å². The first-order chi connectivity index (χ1) is 20.0. The molecule has 0 bridgehead atoms. The van der Waals surface area contributed by atoms with Gasteiger partial charge in [0, 0.05) is 36.5 Å². The van der Waals surface area contributed by atoms with Gasteiger partial charge in [-0.3, -0.25) is 4.79 Å². The Morgan fingerprint density at radius 3 is 2.31 bits per heavy atom. The molecule has 5 nitrogen and oxygen atoms in total. The number of carbonyl (C=O) groups is 1. The number of benzene rings is 2. The molecule has 0 radical (unpaired) electrons. The van der Waals surface area contributed by atoms with Crippen LogP contribution in [0.2, 0.25) is 0 Å². The summed E-state index contributed by atoms with van der Waals surface area (Å²) in [6.45, 7) is 3.89. The molecule has 1 saturated heterocycles. The zero-order valence-electron chi connectivity index (χ0n) is 23.5. The van der Waals surface area contributed by atoms with Crippen LogP contribution in [0.1, 0.15) is 66.1 Å². The molecular weight excluding hydrogens is 573 g/mol. The zero-order chi connectivity index (χ0) is 30.3. The lowest BCUT2D eigenvalue weighted by Gasteiger charge is -2.41. The van der Waals surface area contributed by atoms with E-state index in [-0.39, 0.29) is 18.4 Å². The minimum atomic E-state index is -4.43. The number of hydrogen-bond acceptors (Lipinski definition) is 5. The Morgan fingerprint density at radius 2 is 1.71 bits per heavy atom. The average Bonchev–Trinajstić information content (AvgIpc) is 2.99. The molecule has 0 aliphatic carbocycles. The predicted molar refractivity (Wildman–Crippen MR) is 154 cm³/mol. The number of thioether (sulfide) groups is 1. The Hall–Kier alpha value is -3.18. The normalized spacial score (nSPS) is 17.7. The van der Waals surface area contributed by atoms with Gasteiger partial charge in [-0.1, -0.05) is 38.1 Å². The van der Waals surface area contributed by atoms with E-state index in [9.17, 15) is 26.7 Å². The van der Waals surface area contributed by atoms with Gasteiger partial charge in [0.15, 0.2) is 0 Å². The number of alkyl halides is 5. The molecule has 2 aromatic carbocycles. The minimum absolute atomic E-state index is 0.137. The number of pyridine rings is 1. The number of nitrogens with one attached hydrogen (secondary N) is 1. The van der Waals surface area contributed by atoms with E-state index in [1.807, 2.05) is 29.2 Å². The van der Waals surface area contributed by atoms with Gasteiger partial charge in [0.2, 0.25) is 0 Å². The van der Waals surface area contributed by atoms with Crippen LogP contribution in [0, 0.1) is 0 Å². The quantitative estimate of drug-likeness (QED) is 0.177. The summed E-state index contributed by atoms with van der Waals surface area (Å²) < 4.78 is 71.9. The molecule has 0 spiro atoms. The molecule has 3 aromatic rings. The van der Waals surface area contributed by atoms with Gasteiger partial charge in [-0.05, 0) is 66.1 Å². The Labute approximate surface area is 246 Å². The van der Waals surface area contributed by atoms with Gasteiger partial charge in [-0.2, -0.15) is 22.0 Å². The minimum Gasteiger partial charge on any atom is -0.351 e. The molecule has 2 heterocycles. The molecule has 42 heavy (non-hydrogen) atoms. The van der Waals surface area contributed by atoms with E-state index >= 15 is 0 Å². The van der Waals surface area contributed by atoms with Crippen molar-refractivity contribution in [3.63, 3.8) is 0 Å². The van der Waals surface area contributed by atoms with E-state index in [2.05, 4.69) is 17.2 Å². The molecule has 1 aromatic heterocycles. The first-order valence-electron chi connectivity index (χ1n) is 13.9. The summed E-state index contributed by atoms with van der Waals surface area (Å²) >= 11 is 1.74. The summed E-state index contributed by atoms with van der Waals surface area (Å²) in [6, 6.07) is 15.9. The van der Waals surface area contributed by atoms with Crippen molar-refractivity contribution >= 4 is 23.5 Å². The van der Waals surface area contributed by atoms with Crippen molar-refractivity contribution in [2.75, 3.05) is 23.8 Å². The number of rotatable bonds is 11. The number of hydrogen-bond donors (Lipinski definition) is 1. The van der Waals surface area contributed by atoms with Gasteiger partial charge in [-0.25, -0.2) is 4.98 Å². The fourth-order valence-electron chi connectivity index (χ4n) is 4.86. The average molecular weight is 608 g/mol. The lowest BCUT2D eigenvalue weighted by atomic mass is 9.87. The zero-order valence-corrected chi connectivity index (χ0v) is 24.3. The van der Waals surface area contributed by atoms with Crippen LogP contribution in [-0.2, 0) is 17.5 Å². The van der Waals surface area contributed by atoms with Crippen molar-refractivity contribution in [3.8, 4) is 0 Å². The molecule has 0 saturated carbocycles. The maximum absolute atomic E-state index is 13.9. The summed E-state index contributed by atoms with van der Waals surface area (Å²) in [5.41, 5.74) is 1.31. The van der Waals surface area contributed by atoms with Crippen LogP contribution in [0.25, 0.3) is 0 Å². The number of amides is 1. The van der Waals surface area contributed by atoms with E-state index in [4.69, 9.17) is 4.74 Å². The number of piperidine rings is 1. The van der Waals surface area contributed by atoms with Crippen LogP contribution in [-0.4, -0.2) is 41.9 Å². The maximum atomic E-state index is 13.9. The highest BCUT2D eigenvalue weighted by atomic mass is 32.2. The highest BCUT2D eigenvalue weighted by Crippen LogP contribution is 2.36. The van der Waals surface area contributed by atoms with E-state index < -0.39 is 30.3 Å². The number of nitrogens with zero attached hydrogens (tertiary/aromatic N) is 2. The summed E-state index contributed by atoms with van der Waals surface area (Å²) in [4.78, 5) is 20.2. The lowest BCUT2D eigenvalue weighted by Crippen LogP contribution is -2.46. The van der Waals surface area contributed by atoms with E-state index in [0.717, 1.165) is 33.9 Å². The topological polar surface area (TPSA) is 54.5 Å². The first-order valence-corrected chi connectivity index (χ1v) is 14.9. The second-order valence-corrected chi connectivity index (χ2v) is 11.5. The van der Waals surface area contributed by atoms with Gasteiger partial charge in [-0.15, -0.1) is 11.8 Å². The first kappa shape index (κ1) is 31.7. The summed E-state index contributed by atoms with van der Waals surface area (Å²) in [5.74, 6) is 1.01. The van der Waals surface area contributed by atoms with Gasteiger partial charge in [0.05, 0.1) is 23.8 Å². The fraction of sp³-hybridized carbons (Fsp3) is 0.419. The molecule has 2 atom stereocenters. The van der Waals surface area contributed by atoms with Gasteiger partial charge >= 0.3 is 12.3 Å². The largest absolute Gasteiger partial charge is 0.416 e. The third kappa shape index (κ3) is 8.44. The van der Waals surface area contributed by atoms with Crippen molar-refractivity contribution in [2.24, 2.45) is 0 Å². The molecule has 1 aliphatic rings. The molecule has 11 heteroatoms. The SMILES string of the molecule is CCSc1ccc(CNC(=O)c2ccc(N3CC(c4ccc(C(F)(F)F)cc4)CC[C@H]3COC(F)(F)CC)nc2)cc1. The molecular formula is C31H34F5N3O2S. The Balaban J connectivity index is 1.46. The van der Waals surface area contributed by atoms with E-state index in [1.54, 1.807) is 23.9 Å². The summed E-state index contributed by atoms with van der Waals surface area (Å²) in [5, 5.41) is 2.88. The van der Waals surface area contributed by atoms with Crippen LogP contribution in [0.5, 0.6) is 0 Å². The Kier molecular flexibility index (Phi) is 10.5. The second kappa shape index (κ2) is 13.9. The third-order valence-electron chi connectivity index (χ3n) is 7.31. The smallest absolute Gasteiger partial charge is 0.351 e. The summed E-state index contributed by atoms with van der Waals surface area (Å²) in [6.07, 6.45) is -5.65. The van der Waals surface area contributed by atoms with Crippen LogP contribution in [0.4, 0.5) is 27.8 Å². The number of carbonyl (C=O) groups excluding carboxylic acids is 1. The molecule has 1 fully saturated rings. The maximum Gasteiger partial charge on any atom is 0.416 e.